The maximum atomic E-state index is 6.20. The molecule has 1 aliphatic carbocycles. The van der Waals surface area contributed by atoms with Gasteiger partial charge in [0.15, 0.2) is 0 Å². The molecule has 1 aliphatic rings. The van der Waals surface area contributed by atoms with Gasteiger partial charge in [-0.1, -0.05) is 11.6 Å². The van der Waals surface area contributed by atoms with Gasteiger partial charge < -0.3 is 9.73 Å². The molecule has 19 heavy (non-hydrogen) atoms. The molecular formula is C15H15BrClNO. The summed E-state index contributed by atoms with van der Waals surface area (Å²) in [5.41, 5.74) is 3.39. The second kappa shape index (κ2) is 5.22. The van der Waals surface area contributed by atoms with Gasteiger partial charge in [0, 0.05) is 21.5 Å². The van der Waals surface area contributed by atoms with E-state index in [-0.39, 0.29) is 0 Å². The van der Waals surface area contributed by atoms with E-state index in [1.54, 1.807) is 6.26 Å². The van der Waals surface area contributed by atoms with Crippen molar-refractivity contribution >= 4 is 33.2 Å². The summed E-state index contributed by atoms with van der Waals surface area (Å²) < 4.78 is 6.57. The molecule has 0 radical (unpaired) electrons. The van der Waals surface area contributed by atoms with Gasteiger partial charge in [0.05, 0.1) is 18.0 Å². The summed E-state index contributed by atoms with van der Waals surface area (Å²) in [6.07, 6.45) is 5.08. The Kier molecular flexibility index (Phi) is 3.59. The maximum Gasteiger partial charge on any atom is 0.109 e. The molecule has 1 heterocycles. The number of hydrogen-bond acceptors (Lipinski definition) is 2. The molecule has 1 atom stereocenters. The topological polar surface area (TPSA) is 25.2 Å². The van der Waals surface area contributed by atoms with E-state index in [4.69, 9.17) is 16.0 Å². The lowest BCUT2D eigenvalue weighted by molar-refractivity contribution is 0.461. The minimum Gasteiger partial charge on any atom is -0.469 e. The summed E-state index contributed by atoms with van der Waals surface area (Å²) in [6, 6.07) is 6.40. The van der Waals surface area contributed by atoms with Crippen LogP contribution in [0.4, 0.5) is 5.69 Å². The van der Waals surface area contributed by atoms with Gasteiger partial charge in [-0.2, -0.15) is 0 Å². The molecule has 0 amide bonds. The molecule has 4 heteroatoms. The van der Waals surface area contributed by atoms with Crippen LogP contribution in [0.1, 0.15) is 35.8 Å². The summed E-state index contributed by atoms with van der Waals surface area (Å²) in [5.74, 6) is 1.11. The third-order valence-corrected chi connectivity index (χ3v) is 4.69. The smallest absolute Gasteiger partial charge is 0.109 e. The molecule has 2 aromatic rings. The number of anilines is 1. The van der Waals surface area contributed by atoms with Crippen LogP contribution in [0.5, 0.6) is 0 Å². The van der Waals surface area contributed by atoms with Gasteiger partial charge in [0.25, 0.3) is 0 Å². The van der Waals surface area contributed by atoms with Gasteiger partial charge in [-0.05, 0) is 59.5 Å². The Morgan fingerprint density at radius 3 is 3.11 bits per heavy atom. The number of furan rings is 1. The van der Waals surface area contributed by atoms with Gasteiger partial charge in [0.2, 0.25) is 0 Å². The molecule has 100 valence electrons. The average molecular weight is 341 g/mol. The molecule has 0 saturated heterocycles. The predicted octanol–water partition coefficient (Wildman–Crippen LogP) is 5.49. The Morgan fingerprint density at radius 2 is 2.26 bits per heavy atom. The van der Waals surface area contributed by atoms with Crippen LogP contribution in [0.2, 0.25) is 5.02 Å². The van der Waals surface area contributed by atoms with Crippen molar-refractivity contribution in [2.45, 2.75) is 32.2 Å². The van der Waals surface area contributed by atoms with Gasteiger partial charge in [-0.15, -0.1) is 0 Å². The van der Waals surface area contributed by atoms with E-state index < -0.39 is 0 Å². The first-order chi connectivity index (χ1) is 9.15. The zero-order valence-corrected chi connectivity index (χ0v) is 13.0. The van der Waals surface area contributed by atoms with Crippen molar-refractivity contribution in [2.75, 3.05) is 5.32 Å². The van der Waals surface area contributed by atoms with Crippen molar-refractivity contribution in [1.82, 2.24) is 0 Å². The van der Waals surface area contributed by atoms with Crippen molar-refractivity contribution in [1.29, 1.82) is 0 Å². The lowest BCUT2D eigenvalue weighted by Gasteiger charge is -2.24. The number of halogens is 2. The SMILES string of the molecule is Cc1cc(Br)c(NC2CCCc3occc32)cc1Cl. The largest absolute Gasteiger partial charge is 0.469 e. The average Bonchev–Trinajstić information content (AvgIpc) is 2.85. The van der Waals surface area contributed by atoms with Gasteiger partial charge >= 0.3 is 0 Å². The minimum absolute atomic E-state index is 0.303. The standard InChI is InChI=1S/C15H15BrClNO/c1-9-7-11(16)14(8-12(9)17)18-13-3-2-4-15-10(13)5-6-19-15/h5-8,13,18H,2-4H2,1H3. The van der Waals surface area contributed by atoms with Gasteiger partial charge in [0.1, 0.15) is 5.76 Å². The summed E-state index contributed by atoms with van der Waals surface area (Å²) >= 11 is 9.80. The first-order valence-corrected chi connectivity index (χ1v) is 7.60. The third-order valence-electron chi connectivity index (χ3n) is 3.63. The monoisotopic (exact) mass is 339 g/mol. The number of hydrogen-bond donors (Lipinski definition) is 1. The Morgan fingerprint density at radius 1 is 1.42 bits per heavy atom. The van der Waals surface area contributed by atoms with Crippen molar-refractivity contribution in [3.05, 3.63) is 50.8 Å². The molecule has 3 rings (SSSR count). The highest BCUT2D eigenvalue weighted by Crippen LogP contribution is 2.36. The molecule has 1 aromatic carbocycles. The Bertz CT molecular complexity index is 608. The summed E-state index contributed by atoms with van der Waals surface area (Å²) in [6.45, 7) is 2.01. The molecule has 1 aromatic heterocycles. The van der Waals surface area contributed by atoms with E-state index in [1.807, 2.05) is 19.1 Å². The Balaban J connectivity index is 1.89. The Hall–Kier alpha value is -0.930. The number of fused-ring (bicyclic) bond motifs is 1. The van der Waals surface area contributed by atoms with Crippen LogP contribution in [-0.2, 0) is 6.42 Å². The van der Waals surface area contributed by atoms with E-state index >= 15 is 0 Å². The molecule has 0 fully saturated rings. The zero-order chi connectivity index (χ0) is 13.4. The van der Waals surface area contributed by atoms with Crippen molar-refractivity contribution in [3.8, 4) is 0 Å². The summed E-state index contributed by atoms with van der Waals surface area (Å²) in [4.78, 5) is 0. The Labute approximate surface area is 126 Å². The lowest BCUT2D eigenvalue weighted by atomic mass is 9.93. The van der Waals surface area contributed by atoms with E-state index in [9.17, 15) is 0 Å². The highest BCUT2D eigenvalue weighted by atomic mass is 79.9. The zero-order valence-electron chi connectivity index (χ0n) is 10.7. The molecule has 0 saturated carbocycles. The van der Waals surface area contributed by atoms with Crippen LogP contribution < -0.4 is 5.32 Å². The lowest BCUT2D eigenvalue weighted by Crippen LogP contribution is -2.16. The van der Waals surface area contributed by atoms with Crippen LogP contribution in [0, 0.1) is 6.92 Å². The number of benzene rings is 1. The molecule has 0 bridgehead atoms. The van der Waals surface area contributed by atoms with Crippen molar-refractivity contribution in [3.63, 3.8) is 0 Å². The molecule has 0 spiro atoms. The number of nitrogens with one attached hydrogen (secondary N) is 1. The summed E-state index contributed by atoms with van der Waals surface area (Å²) in [7, 11) is 0. The number of aryl methyl sites for hydroxylation is 2. The fourth-order valence-corrected chi connectivity index (χ4v) is 3.32. The van der Waals surface area contributed by atoms with Crippen LogP contribution in [0.15, 0.2) is 33.4 Å². The normalized spacial score (nSPS) is 18.2. The molecule has 0 aliphatic heterocycles. The second-order valence-electron chi connectivity index (χ2n) is 4.97. The summed E-state index contributed by atoms with van der Waals surface area (Å²) in [5, 5.41) is 4.35. The molecule has 1 unspecified atom stereocenters. The van der Waals surface area contributed by atoms with Crippen molar-refractivity contribution in [2.24, 2.45) is 0 Å². The molecular weight excluding hydrogens is 326 g/mol. The van der Waals surface area contributed by atoms with Crippen LogP contribution in [0.3, 0.4) is 0 Å². The molecule has 1 N–H and O–H groups in total. The van der Waals surface area contributed by atoms with E-state index in [0.717, 1.165) is 45.8 Å². The first kappa shape index (κ1) is 13.1. The van der Waals surface area contributed by atoms with Crippen LogP contribution in [-0.4, -0.2) is 0 Å². The van der Waals surface area contributed by atoms with E-state index in [1.165, 1.54) is 5.56 Å². The number of rotatable bonds is 2. The van der Waals surface area contributed by atoms with Crippen molar-refractivity contribution < 1.29 is 4.42 Å². The highest BCUT2D eigenvalue weighted by molar-refractivity contribution is 9.10. The highest BCUT2D eigenvalue weighted by Gasteiger charge is 2.23. The first-order valence-electron chi connectivity index (χ1n) is 6.43. The van der Waals surface area contributed by atoms with Gasteiger partial charge in [-0.25, -0.2) is 0 Å². The second-order valence-corrected chi connectivity index (χ2v) is 6.23. The minimum atomic E-state index is 0.303. The third kappa shape index (κ3) is 2.54. The fourth-order valence-electron chi connectivity index (χ4n) is 2.58. The predicted molar refractivity (Wildman–Crippen MR) is 81.9 cm³/mol. The van der Waals surface area contributed by atoms with E-state index in [0.29, 0.717) is 6.04 Å². The molecule has 2 nitrogen and oxygen atoms in total. The van der Waals surface area contributed by atoms with Crippen LogP contribution >= 0.6 is 27.5 Å². The van der Waals surface area contributed by atoms with E-state index in [2.05, 4.69) is 27.3 Å². The maximum absolute atomic E-state index is 6.20. The fraction of sp³-hybridized carbons (Fsp3) is 0.333. The van der Waals surface area contributed by atoms with Crippen LogP contribution in [0.25, 0.3) is 0 Å². The quantitative estimate of drug-likeness (QED) is 0.781. The van der Waals surface area contributed by atoms with Gasteiger partial charge in [-0.3, -0.25) is 0 Å².